The van der Waals surface area contributed by atoms with Crippen molar-refractivity contribution in [2.24, 2.45) is 0 Å². The van der Waals surface area contributed by atoms with E-state index < -0.39 is 5.97 Å². The van der Waals surface area contributed by atoms with Gasteiger partial charge in [-0.25, -0.2) is 9.78 Å². The Morgan fingerprint density at radius 3 is 2.74 bits per heavy atom. The number of aromatic carboxylic acids is 1. The lowest BCUT2D eigenvalue weighted by molar-refractivity contribution is 0.0690. The molecule has 0 aliphatic rings. The number of para-hydroxylation sites is 1. The second-order valence-corrected chi connectivity index (χ2v) is 3.90. The SMILES string of the molecule is N#Cc1ccccc1Oc1ccc(Cl)c(C(=O)O)n1. The Hall–Kier alpha value is -2.58. The smallest absolute Gasteiger partial charge is 0.356 e. The first-order valence-electron chi connectivity index (χ1n) is 5.18. The molecule has 0 spiro atoms. The van der Waals surface area contributed by atoms with E-state index in [1.807, 2.05) is 6.07 Å². The summed E-state index contributed by atoms with van der Waals surface area (Å²) in [4.78, 5) is 14.7. The Balaban J connectivity index is 2.37. The number of carboxylic acid groups (broad SMARTS) is 1. The minimum Gasteiger partial charge on any atom is -0.476 e. The highest BCUT2D eigenvalue weighted by Crippen LogP contribution is 2.25. The van der Waals surface area contributed by atoms with Gasteiger partial charge in [-0.1, -0.05) is 23.7 Å². The lowest BCUT2D eigenvalue weighted by Gasteiger charge is -2.07. The molecule has 1 aromatic heterocycles. The van der Waals surface area contributed by atoms with Gasteiger partial charge in [0.05, 0.1) is 10.6 Å². The number of ether oxygens (including phenoxy) is 1. The normalized spacial score (nSPS) is 9.68. The number of halogens is 1. The quantitative estimate of drug-likeness (QED) is 0.930. The van der Waals surface area contributed by atoms with Gasteiger partial charge < -0.3 is 9.84 Å². The molecule has 0 radical (unpaired) electrons. The fraction of sp³-hybridized carbons (Fsp3) is 0. The van der Waals surface area contributed by atoms with Crippen LogP contribution in [-0.2, 0) is 0 Å². The third kappa shape index (κ3) is 2.81. The maximum Gasteiger partial charge on any atom is 0.356 e. The molecule has 0 saturated heterocycles. The minimum absolute atomic E-state index is 0.0217. The number of hydrogen-bond donors (Lipinski definition) is 1. The maximum absolute atomic E-state index is 10.9. The Labute approximate surface area is 113 Å². The molecule has 2 rings (SSSR count). The van der Waals surface area contributed by atoms with Crippen LogP contribution < -0.4 is 4.74 Å². The summed E-state index contributed by atoms with van der Waals surface area (Å²) in [6, 6.07) is 11.4. The van der Waals surface area contributed by atoms with Crippen molar-refractivity contribution in [3.05, 3.63) is 52.7 Å². The molecule has 0 aliphatic carbocycles. The molecule has 1 N–H and O–H groups in total. The number of nitrogens with zero attached hydrogens (tertiary/aromatic N) is 2. The molecule has 0 atom stereocenters. The Morgan fingerprint density at radius 1 is 1.32 bits per heavy atom. The summed E-state index contributed by atoms with van der Waals surface area (Å²) in [5, 5.41) is 17.8. The van der Waals surface area contributed by atoms with Crippen LogP contribution in [0.25, 0.3) is 0 Å². The summed E-state index contributed by atoms with van der Waals surface area (Å²) < 4.78 is 5.39. The van der Waals surface area contributed by atoms with E-state index in [2.05, 4.69) is 4.98 Å². The first kappa shape index (κ1) is 12.9. The largest absolute Gasteiger partial charge is 0.476 e. The van der Waals surface area contributed by atoms with Crippen molar-refractivity contribution in [2.75, 3.05) is 0 Å². The van der Waals surface area contributed by atoms with Gasteiger partial charge >= 0.3 is 5.97 Å². The van der Waals surface area contributed by atoms with Gasteiger partial charge in [0, 0.05) is 6.07 Å². The predicted octanol–water partition coefficient (Wildman–Crippen LogP) is 3.10. The van der Waals surface area contributed by atoms with Crippen LogP contribution in [0.2, 0.25) is 5.02 Å². The molecule has 5 nitrogen and oxygen atoms in total. The second kappa shape index (κ2) is 5.38. The Morgan fingerprint density at radius 2 is 2.05 bits per heavy atom. The van der Waals surface area contributed by atoms with Gasteiger partial charge in [0.25, 0.3) is 0 Å². The topological polar surface area (TPSA) is 83.2 Å². The van der Waals surface area contributed by atoms with Crippen molar-refractivity contribution in [3.63, 3.8) is 0 Å². The second-order valence-electron chi connectivity index (χ2n) is 3.50. The summed E-state index contributed by atoms with van der Waals surface area (Å²) >= 11 is 5.70. The molecule has 1 heterocycles. The van der Waals surface area contributed by atoms with Crippen LogP contribution in [0.5, 0.6) is 11.6 Å². The van der Waals surface area contributed by atoms with Gasteiger partial charge in [0.15, 0.2) is 5.69 Å². The van der Waals surface area contributed by atoms with E-state index in [-0.39, 0.29) is 16.6 Å². The third-order valence-electron chi connectivity index (χ3n) is 2.25. The molecule has 94 valence electrons. The van der Waals surface area contributed by atoms with E-state index in [0.717, 1.165) is 0 Å². The van der Waals surface area contributed by atoms with Crippen LogP contribution in [-0.4, -0.2) is 16.1 Å². The summed E-state index contributed by atoms with van der Waals surface area (Å²) in [5.41, 5.74) is 0.0322. The van der Waals surface area contributed by atoms with Gasteiger partial charge in [-0.15, -0.1) is 0 Å². The molecule has 0 aliphatic heterocycles. The maximum atomic E-state index is 10.9. The molecule has 19 heavy (non-hydrogen) atoms. The zero-order valence-corrected chi connectivity index (χ0v) is 10.3. The monoisotopic (exact) mass is 274 g/mol. The van der Waals surface area contributed by atoms with Crippen molar-refractivity contribution < 1.29 is 14.6 Å². The molecule has 1 aromatic carbocycles. The van der Waals surface area contributed by atoms with Gasteiger partial charge in [0.2, 0.25) is 5.88 Å². The highest BCUT2D eigenvalue weighted by atomic mass is 35.5. The molecule has 0 fully saturated rings. The number of aromatic nitrogens is 1. The van der Waals surface area contributed by atoms with Crippen LogP contribution in [0.15, 0.2) is 36.4 Å². The van der Waals surface area contributed by atoms with Crippen LogP contribution in [0.4, 0.5) is 0 Å². The number of pyridine rings is 1. The first-order chi connectivity index (χ1) is 9.11. The number of rotatable bonds is 3. The van der Waals surface area contributed by atoms with Gasteiger partial charge in [-0.3, -0.25) is 0 Å². The summed E-state index contributed by atoms with van der Waals surface area (Å²) in [6.07, 6.45) is 0. The average molecular weight is 275 g/mol. The molecule has 2 aromatic rings. The lowest BCUT2D eigenvalue weighted by atomic mass is 10.2. The molecule has 0 saturated carbocycles. The van der Waals surface area contributed by atoms with Crippen molar-refractivity contribution in [1.82, 2.24) is 4.98 Å². The fourth-order valence-corrected chi connectivity index (χ4v) is 1.58. The van der Waals surface area contributed by atoms with Crippen LogP contribution in [0.3, 0.4) is 0 Å². The van der Waals surface area contributed by atoms with Crippen LogP contribution in [0.1, 0.15) is 16.1 Å². The van der Waals surface area contributed by atoms with Gasteiger partial charge in [-0.2, -0.15) is 5.26 Å². The predicted molar refractivity (Wildman–Crippen MR) is 67.4 cm³/mol. The van der Waals surface area contributed by atoms with Crippen molar-refractivity contribution >= 4 is 17.6 Å². The van der Waals surface area contributed by atoms with Gasteiger partial charge in [-0.05, 0) is 18.2 Å². The summed E-state index contributed by atoms with van der Waals surface area (Å²) in [6.45, 7) is 0. The van der Waals surface area contributed by atoms with E-state index in [0.29, 0.717) is 11.3 Å². The lowest BCUT2D eigenvalue weighted by Crippen LogP contribution is -2.02. The summed E-state index contributed by atoms with van der Waals surface area (Å²) in [5.74, 6) is -0.885. The zero-order chi connectivity index (χ0) is 13.8. The molecule has 6 heteroatoms. The van der Waals surface area contributed by atoms with Crippen LogP contribution >= 0.6 is 11.6 Å². The highest BCUT2D eigenvalue weighted by molar-refractivity contribution is 6.33. The molecular weight excluding hydrogens is 268 g/mol. The number of benzene rings is 1. The van der Waals surface area contributed by atoms with E-state index in [9.17, 15) is 4.79 Å². The third-order valence-corrected chi connectivity index (χ3v) is 2.55. The molecule has 0 bridgehead atoms. The van der Waals surface area contributed by atoms with E-state index in [1.165, 1.54) is 12.1 Å². The number of hydrogen-bond acceptors (Lipinski definition) is 4. The van der Waals surface area contributed by atoms with E-state index >= 15 is 0 Å². The van der Waals surface area contributed by atoms with E-state index in [4.69, 9.17) is 26.7 Å². The van der Waals surface area contributed by atoms with Crippen molar-refractivity contribution in [1.29, 1.82) is 5.26 Å². The van der Waals surface area contributed by atoms with Crippen molar-refractivity contribution in [2.45, 2.75) is 0 Å². The standard InChI is InChI=1S/C13H7ClN2O3/c14-9-5-6-11(16-12(9)13(17)18)19-10-4-2-1-3-8(10)7-15/h1-6H,(H,17,18). The number of carbonyl (C=O) groups is 1. The Kier molecular flexibility index (Phi) is 3.64. The molecule has 0 amide bonds. The minimum atomic E-state index is -1.25. The zero-order valence-electron chi connectivity index (χ0n) is 9.50. The summed E-state index contributed by atoms with van der Waals surface area (Å²) in [7, 11) is 0. The van der Waals surface area contributed by atoms with E-state index in [1.54, 1.807) is 24.3 Å². The molecule has 0 unspecified atom stereocenters. The molecular formula is C13H7ClN2O3. The first-order valence-corrected chi connectivity index (χ1v) is 5.56. The van der Waals surface area contributed by atoms with Crippen molar-refractivity contribution in [3.8, 4) is 17.7 Å². The number of carboxylic acids is 1. The Bertz CT molecular complexity index is 680. The van der Waals surface area contributed by atoms with Crippen LogP contribution in [0, 0.1) is 11.3 Å². The fourth-order valence-electron chi connectivity index (χ4n) is 1.39. The van der Waals surface area contributed by atoms with Gasteiger partial charge in [0.1, 0.15) is 11.8 Å². The average Bonchev–Trinajstić information content (AvgIpc) is 2.41. The number of nitriles is 1. The highest BCUT2D eigenvalue weighted by Gasteiger charge is 2.13.